The second kappa shape index (κ2) is 4.46. The highest BCUT2D eigenvalue weighted by Crippen LogP contribution is 2.29. The van der Waals surface area contributed by atoms with E-state index < -0.39 is 0 Å². The van der Waals surface area contributed by atoms with Crippen molar-refractivity contribution in [3.63, 3.8) is 0 Å². The van der Waals surface area contributed by atoms with Crippen molar-refractivity contribution in [2.75, 3.05) is 18.0 Å². The van der Waals surface area contributed by atoms with Crippen molar-refractivity contribution >= 4 is 22.5 Å². The van der Waals surface area contributed by atoms with Gasteiger partial charge in [0.1, 0.15) is 0 Å². The maximum Gasteiger partial charge on any atom is 0.228 e. The Kier molecular flexibility index (Phi) is 2.80. The van der Waals surface area contributed by atoms with Crippen LogP contribution in [-0.4, -0.2) is 30.0 Å². The van der Waals surface area contributed by atoms with E-state index in [0.29, 0.717) is 6.42 Å². The van der Waals surface area contributed by atoms with Crippen molar-refractivity contribution < 1.29 is 4.79 Å². The zero-order chi connectivity index (χ0) is 12.5. The molecule has 1 aliphatic rings. The summed E-state index contributed by atoms with van der Waals surface area (Å²) in [5.74, 6) is 0.200. The number of carbonyl (C=O) groups is 1. The molecule has 1 fully saturated rings. The number of H-pyrrole nitrogens is 1. The molecule has 1 aliphatic heterocycles. The predicted molar refractivity (Wildman–Crippen MR) is 72.7 cm³/mol. The lowest BCUT2D eigenvalue weighted by molar-refractivity contribution is -0.117. The number of rotatable bonds is 3. The summed E-state index contributed by atoms with van der Waals surface area (Å²) in [5.41, 5.74) is 2.07. The third kappa shape index (κ3) is 1.78. The standard InChI is InChI=1S/C14H17N3O/c1-2-15-10-7-14(18)17(9-10)13-8-16-12-6-4-3-5-11(12)13/h3-6,8,10,15-16H,2,7,9H2,1H3. The minimum Gasteiger partial charge on any atom is -0.359 e. The zero-order valence-corrected chi connectivity index (χ0v) is 10.4. The van der Waals surface area contributed by atoms with E-state index in [2.05, 4.69) is 23.3 Å². The highest BCUT2D eigenvalue weighted by molar-refractivity contribution is 6.04. The second-order valence-corrected chi connectivity index (χ2v) is 4.68. The summed E-state index contributed by atoms with van der Waals surface area (Å²) in [5, 5.41) is 4.46. The van der Waals surface area contributed by atoms with Crippen LogP contribution >= 0.6 is 0 Å². The molecular weight excluding hydrogens is 226 g/mol. The predicted octanol–water partition coefficient (Wildman–Crippen LogP) is 1.88. The lowest BCUT2D eigenvalue weighted by Crippen LogP contribution is -2.32. The van der Waals surface area contributed by atoms with E-state index in [-0.39, 0.29) is 11.9 Å². The average Bonchev–Trinajstić information content (AvgIpc) is 2.93. The fourth-order valence-electron chi connectivity index (χ4n) is 2.65. The first-order valence-electron chi connectivity index (χ1n) is 6.39. The first kappa shape index (κ1) is 11.3. The largest absolute Gasteiger partial charge is 0.359 e. The van der Waals surface area contributed by atoms with Gasteiger partial charge in [0.05, 0.1) is 5.69 Å². The number of nitrogens with one attached hydrogen (secondary N) is 2. The van der Waals surface area contributed by atoms with E-state index in [9.17, 15) is 4.79 Å². The molecule has 94 valence electrons. The summed E-state index contributed by atoms with van der Waals surface area (Å²) in [6.45, 7) is 3.73. The second-order valence-electron chi connectivity index (χ2n) is 4.68. The minimum atomic E-state index is 0.200. The summed E-state index contributed by atoms with van der Waals surface area (Å²) >= 11 is 0. The molecule has 0 radical (unpaired) electrons. The fourth-order valence-corrected chi connectivity index (χ4v) is 2.65. The Morgan fingerprint density at radius 3 is 3.11 bits per heavy atom. The zero-order valence-electron chi connectivity index (χ0n) is 10.4. The molecule has 4 heteroatoms. The van der Waals surface area contributed by atoms with Crippen molar-refractivity contribution in [3.8, 4) is 0 Å². The normalized spacial score (nSPS) is 19.9. The molecule has 1 aromatic carbocycles. The van der Waals surface area contributed by atoms with Gasteiger partial charge in [-0.3, -0.25) is 4.79 Å². The van der Waals surface area contributed by atoms with Gasteiger partial charge in [0, 0.05) is 36.1 Å². The Bertz CT molecular complexity index is 575. The van der Waals surface area contributed by atoms with Gasteiger partial charge in [0.2, 0.25) is 5.91 Å². The summed E-state index contributed by atoms with van der Waals surface area (Å²) in [7, 11) is 0. The number of benzene rings is 1. The van der Waals surface area contributed by atoms with Crippen molar-refractivity contribution in [2.45, 2.75) is 19.4 Å². The summed E-state index contributed by atoms with van der Waals surface area (Å²) in [6.07, 6.45) is 2.52. The monoisotopic (exact) mass is 243 g/mol. The number of hydrogen-bond acceptors (Lipinski definition) is 2. The third-order valence-electron chi connectivity index (χ3n) is 3.48. The van der Waals surface area contributed by atoms with E-state index in [0.717, 1.165) is 29.7 Å². The highest BCUT2D eigenvalue weighted by Gasteiger charge is 2.31. The van der Waals surface area contributed by atoms with Gasteiger partial charge in [-0.15, -0.1) is 0 Å². The van der Waals surface area contributed by atoms with Gasteiger partial charge >= 0.3 is 0 Å². The molecule has 2 N–H and O–H groups in total. The van der Waals surface area contributed by atoms with Gasteiger partial charge in [-0.05, 0) is 12.6 Å². The van der Waals surface area contributed by atoms with E-state index >= 15 is 0 Å². The van der Waals surface area contributed by atoms with Crippen LogP contribution in [0.5, 0.6) is 0 Å². The number of aromatic amines is 1. The van der Waals surface area contributed by atoms with Crippen molar-refractivity contribution in [1.82, 2.24) is 10.3 Å². The number of likely N-dealkylation sites (N-methyl/N-ethyl adjacent to an activating group) is 1. The van der Waals surface area contributed by atoms with Crippen LogP contribution in [0.4, 0.5) is 5.69 Å². The van der Waals surface area contributed by atoms with Crippen LogP contribution in [0.3, 0.4) is 0 Å². The van der Waals surface area contributed by atoms with Crippen LogP contribution < -0.4 is 10.2 Å². The molecule has 2 heterocycles. The fraction of sp³-hybridized carbons (Fsp3) is 0.357. The number of carbonyl (C=O) groups excluding carboxylic acids is 1. The van der Waals surface area contributed by atoms with Crippen molar-refractivity contribution in [2.24, 2.45) is 0 Å². The Labute approximate surface area is 106 Å². The maximum atomic E-state index is 12.1. The van der Waals surface area contributed by atoms with Gasteiger partial charge in [-0.25, -0.2) is 0 Å². The van der Waals surface area contributed by atoms with Crippen LogP contribution in [0.15, 0.2) is 30.5 Å². The molecule has 0 saturated carbocycles. The van der Waals surface area contributed by atoms with E-state index in [1.54, 1.807) is 0 Å². The molecule has 1 amide bonds. The lowest BCUT2D eigenvalue weighted by atomic mass is 10.2. The van der Waals surface area contributed by atoms with E-state index in [4.69, 9.17) is 0 Å². The van der Waals surface area contributed by atoms with Crippen molar-refractivity contribution in [3.05, 3.63) is 30.5 Å². The first-order valence-corrected chi connectivity index (χ1v) is 6.39. The first-order chi connectivity index (χ1) is 8.79. The Morgan fingerprint density at radius 1 is 1.44 bits per heavy atom. The van der Waals surface area contributed by atoms with Gasteiger partial charge in [-0.1, -0.05) is 25.1 Å². The highest BCUT2D eigenvalue weighted by atomic mass is 16.2. The van der Waals surface area contributed by atoms with Crippen LogP contribution in [-0.2, 0) is 4.79 Å². The molecule has 0 spiro atoms. The van der Waals surface area contributed by atoms with Gasteiger partial charge in [-0.2, -0.15) is 0 Å². The number of anilines is 1. The number of fused-ring (bicyclic) bond motifs is 1. The quantitative estimate of drug-likeness (QED) is 0.864. The Hall–Kier alpha value is -1.81. The summed E-state index contributed by atoms with van der Waals surface area (Å²) < 4.78 is 0. The molecule has 18 heavy (non-hydrogen) atoms. The maximum absolute atomic E-state index is 12.1. The molecule has 4 nitrogen and oxygen atoms in total. The third-order valence-corrected chi connectivity index (χ3v) is 3.48. The molecule has 3 rings (SSSR count). The molecular formula is C14H17N3O. The van der Waals surface area contributed by atoms with Gasteiger partial charge in [0.15, 0.2) is 0 Å². The number of hydrogen-bond donors (Lipinski definition) is 2. The van der Waals surface area contributed by atoms with Gasteiger partial charge < -0.3 is 15.2 Å². The number of aromatic nitrogens is 1. The topological polar surface area (TPSA) is 48.1 Å². The van der Waals surface area contributed by atoms with Crippen LogP contribution in [0.1, 0.15) is 13.3 Å². The number of para-hydroxylation sites is 1. The summed E-state index contributed by atoms with van der Waals surface area (Å²) in [6, 6.07) is 8.35. The smallest absolute Gasteiger partial charge is 0.228 e. The van der Waals surface area contributed by atoms with Crippen LogP contribution in [0, 0.1) is 0 Å². The summed E-state index contributed by atoms with van der Waals surface area (Å²) in [4.78, 5) is 17.2. The molecule has 2 aromatic rings. The molecule has 0 aliphatic carbocycles. The Morgan fingerprint density at radius 2 is 2.28 bits per heavy atom. The van der Waals surface area contributed by atoms with Gasteiger partial charge in [0.25, 0.3) is 0 Å². The lowest BCUT2D eigenvalue weighted by Gasteiger charge is -2.15. The van der Waals surface area contributed by atoms with E-state index in [1.165, 1.54) is 0 Å². The molecule has 1 unspecified atom stereocenters. The Balaban J connectivity index is 1.93. The average molecular weight is 243 g/mol. The molecule has 1 aromatic heterocycles. The van der Waals surface area contributed by atoms with Crippen LogP contribution in [0.2, 0.25) is 0 Å². The van der Waals surface area contributed by atoms with Crippen molar-refractivity contribution in [1.29, 1.82) is 0 Å². The minimum absolute atomic E-state index is 0.200. The van der Waals surface area contributed by atoms with E-state index in [1.807, 2.05) is 29.3 Å². The number of nitrogens with zero attached hydrogens (tertiary/aromatic N) is 1. The van der Waals surface area contributed by atoms with Crippen LogP contribution in [0.25, 0.3) is 10.9 Å². The molecule has 0 bridgehead atoms. The SMILES string of the molecule is CCNC1CC(=O)N(c2c[nH]c3ccccc23)C1. The number of amides is 1. The molecule has 1 atom stereocenters. The molecule has 1 saturated heterocycles.